The molecule has 0 radical (unpaired) electrons. The summed E-state index contributed by atoms with van der Waals surface area (Å²) in [5, 5.41) is 0. The van der Waals surface area contributed by atoms with Gasteiger partial charge in [-0.3, -0.25) is 14.7 Å². The Balaban J connectivity index is 0. The van der Waals surface area contributed by atoms with Crippen molar-refractivity contribution >= 4 is 0 Å². The molecule has 0 bridgehead atoms. The van der Waals surface area contributed by atoms with Crippen LogP contribution in [0.2, 0.25) is 0 Å². The van der Waals surface area contributed by atoms with Gasteiger partial charge < -0.3 is 0 Å². The zero-order valence-corrected chi connectivity index (χ0v) is 26.1. The molecule has 4 unspecified atom stereocenters. The average molecular weight is 498 g/mol. The number of hydrogen-bond acceptors (Lipinski definition) is 3. The van der Waals surface area contributed by atoms with Crippen LogP contribution in [0.3, 0.4) is 0 Å². The maximum Gasteiger partial charge on any atom is 0.0359 e. The van der Waals surface area contributed by atoms with Crippen LogP contribution in [0.15, 0.2) is 0 Å². The molecule has 0 aromatic carbocycles. The molecule has 0 amide bonds. The van der Waals surface area contributed by atoms with Crippen LogP contribution in [0.25, 0.3) is 0 Å². The van der Waals surface area contributed by atoms with Gasteiger partial charge in [0.25, 0.3) is 0 Å². The first kappa shape index (κ1) is 37.0. The quantitative estimate of drug-likeness (QED) is 0.383. The lowest BCUT2D eigenvalue weighted by atomic mass is 9.49. The molecule has 2 aliphatic rings. The van der Waals surface area contributed by atoms with Crippen LogP contribution in [0.5, 0.6) is 0 Å². The second-order valence-electron chi connectivity index (χ2n) is 14.2. The second kappa shape index (κ2) is 11.3. The highest BCUT2D eigenvalue weighted by Crippen LogP contribution is 2.60. The Labute approximate surface area is 224 Å². The SMILES string of the molecule is C.C.CCC1(C)CC(C)(C)C(C)(C)C(C)(CC)N1C.CCC1(C)CN(C)C(C)(C)C(C)(CC)N1C. The van der Waals surface area contributed by atoms with Gasteiger partial charge in [0.15, 0.2) is 0 Å². The summed E-state index contributed by atoms with van der Waals surface area (Å²) in [7, 11) is 6.92. The normalized spacial score (nSPS) is 39.0. The van der Waals surface area contributed by atoms with Gasteiger partial charge in [-0.05, 0) is 106 Å². The zero-order valence-electron chi connectivity index (χ0n) is 26.1. The van der Waals surface area contributed by atoms with E-state index in [9.17, 15) is 0 Å². The minimum absolute atomic E-state index is 0. The zero-order chi connectivity index (χ0) is 26.5. The molecule has 2 aliphatic heterocycles. The van der Waals surface area contributed by atoms with Gasteiger partial charge in [-0.1, -0.05) is 70.2 Å². The topological polar surface area (TPSA) is 9.72 Å². The van der Waals surface area contributed by atoms with Crippen LogP contribution in [0, 0.1) is 10.8 Å². The predicted octanol–water partition coefficient (Wildman–Crippen LogP) is 8.96. The highest BCUT2D eigenvalue weighted by Gasteiger charge is 2.60. The van der Waals surface area contributed by atoms with Gasteiger partial charge in [-0.2, -0.15) is 0 Å². The molecule has 0 aromatic heterocycles. The summed E-state index contributed by atoms with van der Waals surface area (Å²) in [6, 6.07) is 0. The van der Waals surface area contributed by atoms with Crippen molar-refractivity contribution in [1.29, 1.82) is 0 Å². The van der Waals surface area contributed by atoms with E-state index in [2.05, 4.69) is 133 Å². The monoisotopic (exact) mass is 498 g/mol. The first-order valence-electron chi connectivity index (χ1n) is 13.8. The molecule has 3 heteroatoms. The molecule has 4 atom stereocenters. The molecule has 2 fully saturated rings. The smallest absolute Gasteiger partial charge is 0.0359 e. The fourth-order valence-corrected chi connectivity index (χ4v) is 7.33. The van der Waals surface area contributed by atoms with E-state index in [-0.39, 0.29) is 31.5 Å². The summed E-state index contributed by atoms with van der Waals surface area (Å²) in [6.07, 6.45) is 6.14. The van der Waals surface area contributed by atoms with E-state index in [4.69, 9.17) is 0 Å². The number of likely N-dealkylation sites (tertiary alicyclic amines) is 1. The van der Waals surface area contributed by atoms with E-state index in [1.165, 1.54) is 32.1 Å². The standard InChI is InChI=1S/C16H33N.C14H30N2.2CH4/c1-10-15(7)12-13(3,4)14(5,6)16(8,11-2)17(15)9;1-9-13(5)11-15(7)12(3,4)14(6,10-2)16(13)8;;/h10-12H2,1-9H3;9-11H2,1-8H3;2*1H4. The third-order valence-corrected chi connectivity index (χ3v) is 12.7. The largest absolute Gasteiger partial charge is 0.298 e. The maximum atomic E-state index is 2.67. The molecular formula is C32H71N3. The fourth-order valence-electron chi connectivity index (χ4n) is 7.33. The van der Waals surface area contributed by atoms with Crippen molar-refractivity contribution in [1.82, 2.24) is 14.7 Å². The van der Waals surface area contributed by atoms with Crippen molar-refractivity contribution in [2.24, 2.45) is 10.8 Å². The molecule has 2 heterocycles. The highest BCUT2D eigenvalue weighted by atomic mass is 15.4. The molecule has 3 nitrogen and oxygen atoms in total. The van der Waals surface area contributed by atoms with Crippen molar-refractivity contribution in [3.8, 4) is 0 Å². The molecule has 0 aliphatic carbocycles. The van der Waals surface area contributed by atoms with Gasteiger partial charge in [-0.25, -0.2) is 0 Å². The summed E-state index contributed by atoms with van der Waals surface area (Å²) in [5.41, 5.74) is 2.10. The highest BCUT2D eigenvalue weighted by molar-refractivity contribution is 5.14. The Morgan fingerprint density at radius 3 is 1.26 bits per heavy atom. The lowest BCUT2D eigenvalue weighted by Gasteiger charge is -2.68. The van der Waals surface area contributed by atoms with Crippen LogP contribution in [0.1, 0.15) is 144 Å². The number of rotatable bonds is 4. The van der Waals surface area contributed by atoms with Crippen LogP contribution in [-0.4, -0.2) is 70.1 Å². The summed E-state index contributed by atoms with van der Waals surface area (Å²) in [6.45, 7) is 34.8. The summed E-state index contributed by atoms with van der Waals surface area (Å²) >= 11 is 0. The van der Waals surface area contributed by atoms with E-state index in [0.29, 0.717) is 21.9 Å². The lowest BCUT2D eigenvalue weighted by Crippen LogP contribution is -2.76. The number of nitrogens with zero attached hydrogens (tertiary/aromatic N) is 3. The molecule has 35 heavy (non-hydrogen) atoms. The van der Waals surface area contributed by atoms with Crippen LogP contribution in [-0.2, 0) is 0 Å². The maximum absolute atomic E-state index is 2.67. The Kier molecular flexibility index (Phi) is 12.0. The number of hydrogen-bond donors (Lipinski definition) is 0. The van der Waals surface area contributed by atoms with Crippen molar-refractivity contribution in [2.45, 2.75) is 172 Å². The summed E-state index contributed by atoms with van der Waals surface area (Å²) in [4.78, 5) is 7.84. The molecule has 214 valence electrons. The molecule has 2 rings (SSSR count). The van der Waals surface area contributed by atoms with Crippen molar-refractivity contribution in [2.75, 3.05) is 27.7 Å². The first-order chi connectivity index (χ1) is 14.6. The molecular weight excluding hydrogens is 426 g/mol. The number of piperidine rings is 1. The third-order valence-electron chi connectivity index (χ3n) is 12.7. The van der Waals surface area contributed by atoms with Crippen molar-refractivity contribution in [3.05, 3.63) is 0 Å². The Morgan fingerprint density at radius 1 is 0.543 bits per heavy atom. The Morgan fingerprint density at radius 2 is 0.914 bits per heavy atom. The lowest BCUT2D eigenvalue weighted by molar-refractivity contribution is -0.175. The Bertz CT molecular complexity index is 665. The molecule has 0 N–H and O–H groups in total. The van der Waals surface area contributed by atoms with Gasteiger partial charge in [0.1, 0.15) is 0 Å². The minimum Gasteiger partial charge on any atom is -0.298 e. The molecule has 0 spiro atoms. The van der Waals surface area contributed by atoms with Crippen molar-refractivity contribution in [3.63, 3.8) is 0 Å². The Hall–Kier alpha value is -0.120. The van der Waals surface area contributed by atoms with Gasteiger partial charge >= 0.3 is 0 Å². The van der Waals surface area contributed by atoms with Gasteiger partial charge in [-0.15, -0.1) is 0 Å². The van der Waals surface area contributed by atoms with Crippen LogP contribution < -0.4 is 0 Å². The fraction of sp³-hybridized carbons (Fsp3) is 1.00. The molecule has 2 saturated heterocycles. The third kappa shape index (κ3) is 5.40. The number of piperazine rings is 1. The molecule has 0 aromatic rings. The molecule has 0 saturated carbocycles. The van der Waals surface area contributed by atoms with E-state index in [1.807, 2.05) is 0 Å². The first-order valence-corrected chi connectivity index (χ1v) is 13.8. The van der Waals surface area contributed by atoms with E-state index >= 15 is 0 Å². The van der Waals surface area contributed by atoms with Gasteiger partial charge in [0, 0.05) is 34.2 Å². The average Bonchev–Trinajstić information content (AvgIpc) is 2.74. The van der Waals surface area contributed by atoms with Gasteiger partial charge in [0.2, 0.25) is 0 Å². The minimum atomic E-state index is 0. The van der Waals surface area contributed by atoms with E-state index in [0.717, 1.165) is 6.54 Å². The van der Waals surface area contributed by atoms with Crippen LogP contribution >= 0.6 is 0 Å². The van der Waals surface area contributed by atoms with Gasteiger partial charge in [0.05, 0.1) is 0 Å². The van der Waals surface area contributed by atoms with E-state index < -0.39 is 0 Å². The predicted molar refractivity (Wildman–Crippen MR) is 163 cm³/mol. The van der Waals surface area contributed by atoms with Crippen molar-refractivity contribution < 1.29 is 0 Å². The van der Waals surface area contributed by atoms with E-state index in [1.54, 1.807) is 0 Å². The number of likely N-dealkylation sites (N-methyl/N-ethyl adjacent to an activating group) is 2. The summed E-state index contributed by atoms with van der Waals surface area (Å²) in [5.74, 6) is 0. The van der Waals surface area contributed by atoms with Crippen LogP contribution in [0.4, 0.5) is 0 Å². The summed E-state index contributed by atoms with van der Waals surface area (Å²) < 4.78 is 0. The second-order valence-corrected chi connectivity index (χ2v) is 14.2.